The van der Waals surface area contributed by atoms with Crippen LogP contribution in [0.5, 0.6) is 0 Å². The Balaban J connectivity index is 1.76. The summed E-state index contributed by atoms with van der Waals surface area (Å²) in [7, 11) is 1.47. The molecule has 25 heavy (non-hydrogen) atoms. The first-order valence-corrected chi connectivity index (χ1v) is 8.78. The molecule has 0 saturated carbocycles. The van der Waals surface area contributed by atoms with Crippen molar-refractivity contribution >= 4 is 23.4 Å². The minimum Gasteiger partial charge on any atom is -0.376 e. The van der Waals surface area contributed by atoms with Gasteiger partial charge in [-0.2, -0.15) is 0 Å². The number of nitrogens with zero attached hydrogens (tertiary/aromatic N) is 2. The molecule has 2 aliphatic rings. The van der Waals surface area contributed by atoms with E-state index in [2.05, 4.69) is 10.3 Å². The topological polar surface area (TPSA) is 80.8 Å². The lowest BCUT2D eigenvalue weighted by Gasteiger charge is -2.45. The molecule has 3 atom stereocenters. The third kappa shape index (κ3) is 4.29. The van der Waals surface area contributed by atoms with Crippen molar-refractivity contribution in [3.05, 3.63) is 29.0 Å². The maximum Gasteiger partial charge on any atom is 0.272 e. The van der Waals surface area contributed by atoms with Crippen molar-refractivity contribution in [2.24, 2.45) is 5.92 Å². The molecule has 7 nitrogen and oxygen atoms in total. The lowest BCUT2D eigenvalue weighted by atomic mass is 9.85. The van der Waals surface area contributed by atoms with Crippen LogP contribution < -0.4 is 5.32 Å². The van der Waals surface area contributed by atoms with E-state index in [1.165, 1.54) is 7.11 Å². The summed E-state index contributed by atoms with van der Waals surface area (Å²) in [6.45, 7) is 1.64. The fourth-order valence-corrected chi connectivity index (χ4v) is 3.73. The number of likely N-dealkylation sites (tertiary alicyclic amines) is 1. The average molecular weight is 368 g/mol. The first-order valence-electron chi connectivity index (χ1n) is 8.40. The van der Waals surface area contributed by atoms with Crippen molar-refractivity contribution in [1.82, 2.24) is 15.2 Å². The number of piperidine rings is 1. The van der Waals surface area contributed by atoms with Crippen molar-refractivity contribution in [2.75, 3.05) is 33.4 Å². The largest absolute Gasteiger partial charge is 0.376 e. The number of aromatic nitrogens is 1. The predicted octanol–water partition coefficient (Wildman–Crippen LogP) is 1.12. The molecule has 0 radical (unpaired) electrons. The quantitative estimate of drug-likeness (QED) is 0.806. The van der Waals surface area contributed by atoms with Gasteiger partial charge in [0.15, 0.2) is 0 Å². The summed E-state index contributed by atoms with van der Waals surface area (Å²) in [5.74, 6) is -0.202. The molecule has 2 aliphatic heterocycles. The molecule has 136 valence electrons. The third-order valence-electron chi connectivity index (χ3n) is 4.61. The van der Waals surface area contributed by atoms with Crippen LogP contribution in [0.1, 0.15) is 23.3 Å². The molecule has 0 spiro atoms. The standard InChI is InChI=1S/C17H22ClN3O4/c1-24-10-15(22)20-13-9-21(8-11-4-3-7-25-16(11)13)17(23)12-5-2-6-14(18)19-12/h2,5-6,11,13,16H,3-4,7-10H2,1H3,(H,20,22)/t11-,13+,16-/m0/s1. The molecule has 0 aliphatic carbocycles. The molecule has 2 fully saturated rings. The van der Waals surface area contributed by atoms with E-state index in [0.717, 1.165) is 12.8 Å². The number of rotatable bonds is 4. The van der Waals surface area contributed by atoms with Crippen LogP contribution in [0, 0.1) is 5.92 Å². The summed E-state index contributed by atoms with van der Waals surface area (Å²) < 4.78 is 10.8. The molecule has 1 aromatic rings. The zero-order valence-corrected chi connectivity index (χ0v) is 14.9. The van der Waals surface area contributed by atoms with Crippen LogP contribution in [-0.2, 0) is 14.3 Å². The van der Waals surface area contributed by atoms with Crippen molar-refractivity contribution in [1.29, 1.82) is 0 Å². The van der Waals surface area contributed by atoms with Gasteiger partial charge in [0.1, 0.15) is 17.5 Å². The summed E-state index contributed by atoms with van der Waals surface area (Å²) in [5, 5.41) is 3.22. The van der Waals surface area contributed by atoms with Gasteiger partial charge in [-0.15, -0.1) is 0 Å². The van der Waals surface area contributed by atoms with E-state index in [-0.39, 0.29) is 41.6 Å². The number of hydrogen-bond acceptors (Lipinski definition) is 5. The zero-order valence-electron chi connectivity index (χ0n) is 14.1. The normalized spacial score (nSPS) is 26.0. The Morgan fingerprint density at radius 3 is 3.04 bits per heavy atom. The lowest BCUT2D eigenvalue weighted by Crippen LogP contribution is -2.62. The smallest absolute Gasteiger partial charge is 0.272 e. The van der Waals surface area contributed by atoms with E-state index in [1.54, 1.807) is 23.1 Å². The van der Waals surface area contributed by atoms with E-state index in [9.17, 15) is 9.59 Å². The second kappa shape index (κ2) is 8.12. The first kappa shape index (κ1) is 18.1. The number of carbonyl (C=O) groups excluding carboxylic acids is 2. The number of methoxy groups -OCH3 is 1. The maximum absolute atomic E-state index is 12.8. The molecule has 2 saturated heterocycles. The van der Waals surface area contributed by atoms with Crippen molar-refractivity contribution in [3.8, 4) is 0 Å². The minimum absolute atomic E-state index is 0.0162. The summed E-state index contributed by atoms with van der Waals surface area (Å²) in [5.41, 5.74) is 0.310. The number of nitrogens with one attached hydrogen (secondary N) is 1. The second-order valence-electron chi connectivity index (χ2n) is 6.40. The Labute approximate surface area is 151 Å². The maximum atomic E-state index is 12.8. The summed E-state index contributed by atoms with van der Waals surface area (Å²) in [6.07, 6.45) is 1.84. The van der Waals surface area contributed by atoms with E-state index in [0.29, 0.717) is 25.4 Å². The highest BCUT2D eigenvalue weighted by molar-refractivity contribution is 6.29. The highest BCUT2D eigenvalue weighted by Gasteiger charge is 2.41. The Morgan fingerprint density at radius 1 is 1.44 bits per heavy atom. The van der Waals surface area contributed by atoms with Crippen molar-refractivity contribution < 1.29 is 19.1 Å². The van der Waals surface area contributed by atoms with Gasteiger partial charge in [0, 0.05) is 32.7 Å². The third-order valence-corrected chi connectivity index (χ3v) is 4.82. The van der Waals surface area contributed by atoms with Crippen LogP contribution in [0.3, 0.4) is 0 Å². The highest BCUT2D eigenvalue weighted by Crippen LogP contribution is 2.29. The first-order chi connectivity index (χ1) is 12.1. The molecule has 3 heterocycles. The second-order valence-corrected chi connectivity index (χ2v) is 6.79. The molecule has 1 aromatic heterocycles. The number of ether oxygens (including phenoxy) is 2. The molecular formula is C17H22ClN3O4. The summed E-state index contributed by atoms with van der Waals surface area (Å²) >= 11 is 5.90. The number of fused-ring (bicyclic) bond motifs is 1. The number of carbonyl (C=O) groups is 2. The lowest BCUT2D eigenvalue weighted by molar-refractivity contribution is -0.130. The SMILES string of the molecule is COCC(=O)N[C@@H]1CN(C(=O)c2cccc(Cl)n2)C[C@@H]2CCCO[C@@H]21. The van der Waals surface area contributed by atoms with Gasteiger partial charge in [0.05, 0.1) is 12.1 Å². The molecule has 0 aromatic carbocycles. The van der Waals surface area contributed by atoms with Crippen LogP contribution in [0.2, 0.25) is 5.15 Å². The van der Waals surface area contributed by atoms with Gasteiger partial charge in [-0.05, 0) is 25.0 Å². The highest BCUT2D eigenvalue weighted by atomic mass is 35.5. The van der Waals surface area contributed by atoms with Gasteiger partial charge in [0.2, 0.25) is 5.91 Å². The monoisotopic (exact) mass is 367 g/mol. The zero-order chi connectivity index (χ0) is 17.8. The predicted molar refractivity (Wildman–Crippen MR) is 91.4 cm³/mol. The van der Waals surface area contributed by atoms with E-state index in [4.69, 9.17) is 21.1 Å². The Kier molecular flexibility index (Phi) is 5.88. The van der Waals surface area contributed by atoms with Gasteiger partial charge in [-0.3, -0.25) is 9.59 Å². The molecule has 0 unspecified atom stereocenters. The Morgan fingerprint density at radius 2 is 2.28 bits per heavy atom. The molecule has 1 N–H and O–H groups in total. The van der Waals surface area contributed by atoms with E-state index >= 15 is 0 Å². The molecule has 0 bridgehead atoms. The van der Waals surface area contributed by atoms with Crippen molar-refractivity contribution in [2.45, 2.75) is 25.0 Å². The van der Waals surface area contributed by atoms with Crippen LogP contribution in [0.4, 0.5) is 0 Å². The van der Waals surface area contributed by atoms with Crippen LogP contribution >= 0.6 is 11.6 Å². The number of hydrogen-bond donors (Lipinski definition) is 1. The van der Waals surface area contributed by atoms with E-state index < -0.39 is 0 Å². The van der Waals surface area contributed by atoms with Crippen LogP contribution in [0.25, 0.3) is 0 Å². The Hall–Kier alpha value is -1.70. The fraction of sp³-hybridized carbons (Fsp3) is 0.588. The van der Waals surface area contributed by atoms with Gasteiger partial charge >= 0.3 is 0 Å². The van der Waals surface area contributed by atoms with E-state index in [1.807, 2.05) is 0 Å². The van der Waals surface area contributed by atoms with Gasteiger partial charge in [0.25, 0.3) is 5.91 Å². The number of amides is 2. The summed E-state index contributed by atoms with van der Waals surface area (Å²) in [6, 6.07) is 4.73. The summed E-state index contributed by atoms with van der Waals surface area (Å²) in [4.78, 5) is 30.6. The van der Waals surface area contributed by atoms with Crippen LogP contribution in [0.15, 0.2) is 18.2 Å². The molecule has 3 rings (SSSR count). The van der Waals surface area contributed by atoms with Crippen molar-refractivity contribution in [3.63, 3.8) is 0 Å². The van der Waals surface area contributed by atoms with Gasteiger partial charge < -0.3 is 19.7 Å². The average Bonchev–Trinajstić information content (AvgIpc) is 2.61. The van der Waals surface area contributed by atoms with Gasteiger partial charge in [-0.25, -0.2) is 4.98 Å². The van der Waals surface area contributed by atoms with Crippen LogP contribution in [-0.4, -0.2) is 67.3 Å². The fourth-order valence-electron chi connectivity index (χ4n) is 3.57. The molecule has 8 heteroatoms. The number of halogens is 1. The van der Waals surface area contributed by atoms with Gasteiger partial charge in [-0.1, -0.05) is 17.7 Å². The minimum atomic E-state index is -0.259. The molecule has 2 amide bonds. The number of pyridine rings is 1. The molecular weight excluding hydrogens is 346 g/mol. The Bertz CT molecular complexity index is 642.